The number of aromatic nitrogens is 2. The number of aliphatic imine (C=N–C) groups is 2. The molecule has 1 aromatic heterocycles. The molecular weight excluding hydrogens is 555 g/mol. The number of nitrogens with zero attached hydrogens (tertiary/aromatic N) is 5. The average molecular weight is 579 g/mol. The van der Waals surface area contributed by atoms with Crippen molar-refractivity contribution in [2.75, 3.05) is 17.3 Å². The molecule has 0 saturated heterocycles. The number of para-hydroxylation sites is 4. The van der Waals surface area contributed by atoms with Crippen molar-refractivity contribution in [3.63, 3.8) is 0 Å². The second-order valence-electron chi connectivity index (χ2n) is 9.72. The van der Waals surface area contributed by atoms with E-state index in [0.717, 1.165) is 45.5 Å². The first-order valence-corrected chi connectivity index (χ1v) is 13.8. The maximum atomic E-state index is 6.57. The number of benzene rings is 4. The van der Waals surface area contributed by atoms with Crippen LogP contribution in [-0.4, -0.2) is 28.6 Å². The number of aryl methyl sites for hydroxylation is 1. The number of halogens is 2. The van der Waals surface area contributed by atoms with E-state index >= 15 is 0 Å². The van der Waals surface area contributed by atoms with Crippen LogP contribution < -0.4 is 15.0 Å². The van der Waals surface area contributed by atoms with Gasteiger partial charge in [-0.3, -0.25) is 0 Å². The molecule has 5 aromatic rings. The van der Waals surface area contributed by atoms with Crippen molar-refractivity contribution < 1.29 is 4.74 Å². The van der Waals surface area contributed by atoms with Crippen LogP contribution in [0.25, 0.3) is 5.69 Å². The van der Waals surface area contributed by atoms with Gasteiger partial charge in [-0.05, 0) is 55.5 Å². The maximum Gasteiger partial charge on any atom is 0.179 e. The standard InChI is InChI=1S/C32H24Cl2N6O/c1-19-28-29(22-12-6-9-15-27(22)41-2)39-26-14-8-7-13-25(26)36-30(35-24-17-16-20(33)18-23(24)34)32(39)37-31(28)40(38-19)21-10-4-3-5-11-21/h3-18,29H,1-2H3,(H,35,36)/t29-/m0/s1. The number of amidine groups is 2. The molecular formula is C32H24Cl2N6O. The highest BCUT2D eigenvalue weighted by molar-refractivity contribution is 6.52. The summed E-state index contributed by atoms with van der Waals surface area (Å²) in [5.41, 5.74) is 6.19. The molecule has 3 heterocycles. The quantitative estimate of drug-likeness (QED) is 0.233. The Morgan fingerprint density at radius 3 is 2.46 bits per heavy atom. The van der Waals surface area contributed by atoms with E-state index in [0.29, 0.717) is 27.4 Å². The number of rotatable bonds is 4. The Kier molecular flexibility index (Phi) is 6.26. The van der Waals surface area contributed by atoms with Crippen molar-refractivity contribution in [1.82, 2.24) is 9.78 Å². The topological polar surface area (TPSA) is 67.0 Å². The molecule has 7 rings (SSSR count). The fourth-order valence-electron chi connectivity index (χ4n) is 5.46. The number of nitrogens with one attached hydrogen (secondary N) is 1. The van der Waals surface area contributed by atoms with E-state index in [1.165, 1.54) is 0 Å². The SMILES string of the molecule is COc1ccccc1[C@H]1c2c(C)nn(-c3ccccc3)c2N=C2C(=Nc3ccc(Cl)cc3Cl)Nc3ccccc3N21. The lowest BCUT2D eigenvalue weighted by Gasteiger charge is -2.42. The van der Waals surface area contributed by atoms with Crippen LogP contribution in [0.3, 0.4) is 0 Å². The molecule has 41 heavy (non-hydrogen) atoms. The predicted molar refractivity (Wildman–Crippen MR) is 166 cm³/mol. The average Bonchev–Trinajstić information content (AvgIpc) is 3.33. The molecule has 1 N–H and O–H groups in total. The van der Waals surface area contributed by atoms with Crippen LogP contribution in [0.15, 0.2) is 107 Å². The Hall–Kier alpha value is -4.59. The van der Waals surface area contributed by atoms with Gasteiger partial charge in [0.05, 0.1) is 46.6 Å². The number of methoxy groups -OCH3 is 1. The minimum Gasteiger partial charge on any atom is -0.496 e. The van der Waals surface area contributed by atoms with Crippen LogP contribution in [0.4, 0.5) is 22.9 Å². The molecule has 1 atom stereocenters. The van der Waals surface area contributed by atoms with Crippen LogP contribution in [0.2, 0.25) is 10.0 Å². The lowest BCUT2D eigenvalue weighted by Crippen LogP contribution is -2.48. The number of ether oxygens (including phenoxy) is 1. The molecule has 0 unspecified atom stereocenters. The highest BCUT2D eigenvalue weighted by Gasteiger charge is 2.42. The van der Waals surface area contributed by atoms with E-state index in [-0.39, 0.29) is 6.04 Å². The summed E-state index contributed by atoms with van der Waals surface area (Å²) in [4.78, 5) is 12.4. The number of hydrogen-bond donors (Lipinski definition) is 1. The summed E-state index contributed by atoms with van der Waals surface area (Å²) in [7, 11) is 1.69. The lowest BCUT2D eigenvalue weighted by molar-refractivity contribution is 0.407. The third kappa shape index (κ3) is 4.25. The van der Waals surface area contributed by atoms with Crippen molar-refractivity contribution in [2.45, 2.75) is 13.0 Å². The normalized spacial score (nSPS) is 16.4. The van der Waals surface area contributed by atoms with Crippen molar-refractivity contribution in [1.29, 1.82) is 0 Å². The van der Waals surface area contributed by atoms with Crippen LogP contribution in [-0.2, 0) is 0 Å². The largest absolute Gasteiger partial charge is 0.496 e. The van der Waals surface area contributed by atoms with Gasteiger partial charge in [0.2, 0.25) is 0 Å². The fraction of sp³-hybridized carbons (Fsp3) is 0.0938. The highest BCUT2D eigenvalue weighted by Crippen LogP contribution is 2.49. The Morgan fingerprint density at radius 2 is 1.66 bits per heavy atom. The molecule has 9 heteroatoms. The number of hydrogen-bond acceptors (Lipinski definition) is 5. The Bertz CT molecular complexity index is 1860. The summed E-state index contributed by atoms with van der Waals surface area (Å²) >= 11 is 12.8. The molecule has 0 bridgehead atoms. The van der Waals surface area contributed by atoms with E-state index in [9.17, 15) is 0 Å². The third-order valence-corrected chi connectivity index (χ3v) is 7.80. The van der Waals surface area contributed by atoms with Crippen molar-refractivity contribution in [3.8, 4) is 11.4 Å². The van der Waals surface area contributed by atoms with Gasteiger partial charge < -0.3 is 15.0 Å². The van der Waals surface area contributed by atoms with Crippen LogP contribution in [0.1, 0.15) is 22.9 Å². The van der Waals surface area contributed by atoms with Crippen LogP contribution >= 0.6 is 23.2 Å². The Balaban J connectivity index is 1.55. The van der Waals surface area contributed by atoms with Gasteiger partial charge in [-0.2, -0.15) is 5.10 Å². The van der Waals surface area contributed by atoms with E-state index in [4.69, 9.17) is 43.0 Å². The first-order valence-electron chi connectivity index (χ1n) is 13.1. The van der Waals surface area contributed by atoms with Gasteiger partial charge >= 0.3 is 0 Å². The zero-order valence-corrected chi connectivity index (χ0v) is 23.7. The predicted octanol–water partition coefficient (Wildman–Crippen LogP) is 8.29. The van der Waals surface area contributed by atoms with Gasteiger partial charge in [0, 0.05) is 16.1 Å². The van der Waals surface area contributed by atoms with E-state index in [1.54, 1.807) is 25.3 Å². The van der Waals surface area contributed by atoms with E-state index in [1.807, 2.05) is 78.3 Å². The number of anilines is 2. The Morgan fingerprint density at radius 1 is 0.902 bits per heavy atom. The van der Waals surface area contributed by atoms with Gasteiger partial charge in [-0.25, -0.2) is 14.7 Å². The van der Waals surface area contributed by atoms with Crippen LogP contribution in [0.5, 0.6) is 5.75 Å². The summed E-state index contributed by atoms with van der Waals surface area (Å²) < 4.78 is 7.79. The van der Waals surface area contributed by atoms with Crippen molar-refractivity contribution in [2.24, 2.45) is 9.98 Å². The second-order valence-corrected chi connectivity index (χ2v) is 10.6. The molecule has 0 radical (unpaired) electrons. The van der Waals surface area contributed by atoms with Crippen LogP contribution in [0, 0.1) is 6.92 Å². The second kappa shape index (κ2) is 10.1. The number of fused-ring (bicyclic) bond motifs is 4. The van der Waals surface area contributed by atoms with E-state index < -0.39 is 0 Å². The summed E-state index contributed by atoms with van der Waals surface area (Å²) in [6.07, 6.45) is 0. The molecule has 0 saturated carbocycles. The molecule has 7 nitrogen and oxygen atoms in total. The Labute approximate surface area is 247 Å². The fourth-order valence-corrected chi connectivity index (χ4v) is 5.91. The zero-order chi connectivity index (χ0) is 28.1. The molecule has 202 valence electrons. The molecule has 0 aliphatic carbocycles. The smallest absolute Gasteiger partial charge is 0.179 e. The van der Waals surface area contributed by atoms with Gasteiger partial charge in [0.25, 0.3) is 0 Å². The summed E-state index contributed by atoms with van der Waals surface area (Å²) in [6.45, 7) is 2.03. The highest BCUT2D eigenvalue weighted by atomic mass is 35.5. The molecule has 0 spiro atoms. The summed E-state index contributed by atoms with van der Waals surface area (Å²) in [6, 6.07) is 31.2. The van der Waals surface area contributed by atoms with Gasteiger partial charge in [-0.15, -0.1) is 0 Å². The lowest BCUT2D eigenvalue weighted by atomic mass is 9.92. The minimum atomic E-state index is -0.305. The minimum absolute atomic E-state index is 0.305. The first kappa shape index (κ1) is 25.4. The summed E-state index contributed by atoms with van der Waals surface area (Å²) in [5, 5.41) is 9.48. The molecule has 4 aromatic carbocycles. The first-order chi connectivity index (χ1) is 20.0. The monoisotopic (exact) mass is 578 g/mol. The van der Waals surface area contributed by atoms with Gasteiger partial charge in [-0.1, -0.05) is 71.7 Å². The van der Waals surface area contributed by atoms with Crippen molar-refractivity contribution in [3.05, 3.63) is 124 Å². The third-order valence-electron chi connectivity index (χ3n) is 7.26. The molecule has 0 amide bonds. The molecule has 2 aliphatic rings. The summed E-state index contributed by atoms with van der Waals surface area (Å²) in [5.74, 6) is 2.69. The molecule has 0 fully saturated rings. The van der Waals surface area contributed by atoms with E-state index in [2.05, 4.69) is 22.3 Å². The molecule has 2 aliphatic heterocycles. The zero-order valence-electron chi connectivity index (χ0n) is 22.2. The van der Waals surface area contributed by atoms with Gasteiger partial charge in [0.15, 0.2) is 17.5 Å². The van der Waals surface area contributed by atoms with Crippen molar-refractivity contribution >= 4 is 57.8 Å². The van der Waals surface area contributed by atoms with Gasteiger partial charge in [0.1, 0.15) is 5.75 Å². The maximum absolute atomic E-state index is 6.57.